The van der Waals surface area contributed by atoms with Crippen LogP contribution in [0.2, 0.25) is 0 Å². The maximum atomic E-state index is 12.0. The number of ether oxygens (including phenoxy) is 2. The van der Waals surface area contributed by atoms with Crippen molar-refractivity contribution in [3.8, 4) is 11.8 Å². The van der Waals surface area contributed by atoms with Gasteiger partial charge in [-0.25, -0.2) is 4.79 Å². The molecule has 0 saturated carbocycles. The lowest BCUT2D eigenvalue weighted by Crippen LogP contribution is -2.34. The van der Waals surface area contributed by atoms with Crippen LogP contribution in [0.4, 0.5) is 0 Å². The SMILES string of the molecule is CC#Cc1cn([C@@H]2CC(O)[C@H](COC(=O)C(C)C)O2)c(=O)[nH]c1=O. The van der Waals surface area contributed by atoms with E-state index in [1.165, 1.54) is 10.8 Å². The Balaban J connectivity index is 2.15. The maximum Gasteiger partial charge on any atom is 0.330 e. The third kappa shape index (κ3) is 3.93. The van der Waals surface area contributed by atoms with Crippen LogP contribution in [0.5, 0.6) is 0 Å². The molecule has 130 valence electrons. The van der Waals surface area contributed by atoms with Gasteiger partial charge in [0, 0.05) is 12.6 Å². The number of hydrogen-bond donors (Lipinski definition) is 2. The number of aromatic amines is 1. The van der Waals surface area contributed by atoms with Gasteiger partial charge in [0.15, 0.2) is 0 Å². The third-order valence-corrected chi connectivity index (χ3v) is 3.60. The minimum atomic E-state index is -0.894. The first-order chi connectivity index (χ1) is 11.3. The zero-order chi connectivity index (χ0) is 17.9. The quantitative estimate of drug-likeness (QED) is 0.580. The van der Waals surface area contributed by atoms with Crippen molar-refractivity contribution in [3.63, 3.8) is 0 Å². The molecule has 1 aliphatic heterocycles. The summed E-state index contributed by atoms with van der Waals surface area (Å²) in [7, 11) is 0. The van der Waals surface area contributed by atoms with Crippen LogP contribution < -0.4 is 11.2 Å². The fourth-order valence-corrected chi connectivity index (χ4v) is 2.29. The van der Waals surface area contributed by atoms with Gasteiger partial charge in [-0.05, 0) is 6.92 Å². The van der Waals surface area contributed by atoms with E-state index in [0.29, 0.717) is 0 Å². The number of nitrogens with one attached hydrogen (secondary N) is 1. The molecule has 1 aromatic rings. The molecule has 0 bridgehead atoms. The van der Waals surface area contributed by atoms with Crippen molar-refractivity contribution in [2.45, 2.75) is 45.6 Å². The van der Waals surface area contributed by atoms with E-state index in [9.17, 15) is 19.5 Å². The molecule has 2 rings (SSSR count). The Kier molecular flexibility index (Phi) is 5.59. The van der Waals surface area contributed by atoms with E-state index in [0.717, 1.165) is 0 Å². The summed E-state index contributed by atoms with van der Waals surface area (Å²) in [6.07, 6.45) is -0.969. The van der Waals surface area contributed by atoms with Gasteiger partial charge in [-0.15, -0.1) is 5.92 Å². The Bertz CT molecular complexity index is 782. The number of aliphatic hydroxyl groups excluding tert-OH is 1. The fourth-order valence-electron chi connectivity index (χ4n) is 2.29. The second-order valence-corrected chi connectivity index (χ2v) is 5.80. The summed E-state index contributed by atoms with van der Waals surface area (Å²) in [6.45, 7) is 4.87. The summed E-state index contributed by atoms with van der Waals surface area (Å²) in [5, 5.41) is 10.1. The highest BCUT2D eigenvalue weighted by atomic mass is 16.6. The molecule has 1 aromatic heterocycles. The minimum absolute atomic E-state index is 0.103. The van der Waals surface area contributed by atoms with Gasteiger partial charge in [0.05, 0.1) is 12.0 Å². The molecule has 0 spiro atoms. The second-order valence-electron chi connectivity index (χ2n) is 5.80. The number of rotatable bonds is 4. The minimum Gasteiger partial charge on any atom is -0.463 e. The number of nitrogens with zero attached hydrogens (tertiary/aromatic N) is 1. The van der Waals surface area contributed by atoms with Crippen LogP contribution in [0.1, 0.15) is 39.0 Å². The molecule has 0 aliphatic carbocycles. The average Bonchev–Trinajstić information content (AvgIpc) is 2.88. The summed E-state index contributed by atoms with van der Waals surface area (Å²) in [5.41, 5.74) is -1.10. The largest absolute Gasteiger partial charge is 0.463 e. The molecule has 8 heteroatoms. The molecule has 1 fully saturated rings. The molecule has 24 heavy (non-hydrogen) atoms. The van der Waals surface area contributed by atoms with Crippen LogP contribution in [-0.4, -0.2) is 39.4 Å². The van der Waals surface area contributed by atoms with Crippen molar-refractivity contribution in [3.05, 3.63) is 32.6 Å². The van der Waals surface area contributed by atoms with E-state index < -0.39 is 35.7 Å². The molecule has 8 nitrogen and oxygen atoms in total. The van der Waals surface area contributed by atoms with Crippen molar-refractivity contribution < 1.29 is 19.4 Å². The number of H-pyrrole nitrogens is 1. The lowest BCUT2D eigenvalue weighted by Gasteiger charge is -2.17. The summed E-state index contributed by atoms with van der Waals surface area (Å²) in [6, 6.07) is 0. The van der Waals surface area contributed by atoms with Crippen LogP contribution in [0.15, 0.2) is 15.8 Å². The molecule has 0 aromatic carbocycles. The molecule has 2 N–H and O–H groups in total. The molecule has 0 amide bonds. The lowest BCUT2D eigenvalue weighted by molar-refractivity contribution is -0.153. The van der Waals surface area contributed by atoms with E-state index in [-0.39, 0.29) is 24.5 Å². The van der Waals surface area contributed by atoms with Gasteiger partial charge in [-0.1, -0.05) is 19.8 Å². The van der Waals surface area contributed by atoms with Crippen LogP contribution in [0.3, 0.4) is 0 Å². The van der Waals surface area contributed by atoms with Crippen LogP contribution in [0, 0.1) is 17.8 Å². The van der Waals surface area contributed by atoms with Crippen LogP contribution in [-0.2, 0) is 14.3 Å². The lowest BCUT2D eigenvalue weighted by atomic mass is 10.2. The number of aliphatic hydroxyl groups is 1. The molecular weight excluding hydrogens is 316 g/mol. The third-order valence-electron chi connectivity index (χ3n) is 3.60. The van der Waals surface area contributed by atoms with Gasteiger partial charge in [-0.3, -0.25) is 19.1 Å². The standard InChI is InChI=1S/C16H20N2O6/c1-4-5-10-7-18(16(22)17-14(10)20)13-6-11(19)12(24-13)8-23-15(21)9(2)3/h7,9,11-13,19H,6,8H2,1-3H3,(H,17,20,22)/t11?,12-,13-/m0/s1. The highest BCUT2D eigenvalue weighted by molar-refractivity contribution is 5.71. The zero-order valence-electron chi connectivity index (χ0n) is 13.7. The monoisotopic (exact) mass is 336 g/mol. The second kappa shape index (κ2) is 7.47. The van der Waals surface area contributed by atoms with Gasteiger partial charge in [0.25, 0.3) is 5.56 Å². The molecule has 0 radical (unpaired) electrons. The Morgan fingerprint density at radius 1 is 1.54 bits per heavy atom. The number of hydrogen-bond acceptors (Lipinski definition) is 6. The average molecular weight is 336 g/mol. The number of carbonyl (C=O) groups excluding carboxylic acids is 1. The molecule has 1 saturated heterocycles. The fraction of sp³-hybridized carbons (Fsp3) is 0.562. The molecule has 1 unspecified atom stereocenters. The Morgan fingerprint density at radius 2 is 2.25 bits per heavy atom. The van der Waals surface area contributed by atoms with Crippen molar-refractivity contribution in [2.24, 2.45) is 5.92 Å². The summed E-state index contributed by atoms with van der Waals surface area (Å²) < 4.78 is 11.8. The Labute approximate surface area is 138 Å². The predicted molar refractivity (Wildman–Crippen MR) is 84.2 cm³/mol. The molecule has 1 aliphatic rings. The van der Waals surface area contributed by atoms with Crippen LogP contribution >= 0.6 is 0 Å². The van der Waals surface area contributed by atoms with Gasteiger partial charge in [0.1, 0.15) is 24.5 Å². The van der Waals surface area contributed by atoms with Gasteiger partial charge in [0.2, 0.25) is 0 Å². The highest BCUT2D eigenvalue weighted by Crippen LogP contribution is 2.27. The smallest absolute Gasteiger partial charge is 0.330 e. The first-order valence-corrected chi connectivity index (χ1v) is 7.61. The van der Waals surface area contributed by atoms with Gasteiger partial charge < -0.3 is 14.6 Å². The Morgan fingerprint density at radius 3 is 2.88 bits per heavy atom. The summed E-state index contributed by atoms with van der Waals surface area (Å²) in [4.78, 5) is 37.3. The molecule has 3 atom stereocenters. The number of aromatic nitrogens is 2. The van der Waals surface area contributed by atoms with Crippen molar-refractivity contribution in [1.29, 1.82) is 0 Å². The maximum absolute atomic E-state index is 12.0. The first kappa shape index (κ1) is 18.0. The summed E-state index contributed by atoms with van der Waals surface area (Å²) >= 11 is 0. The van der Waals surface area contributed by atoms with Gasteiger partial charge >= 0.3 is 11.7 Å². The van der Waals surface area contributed by atoms with Crippen LogP contribution in [0.25, 0.3) is 0 Å². The Hall–Kier alpha value is -2.37. The van der Waals surface area contributed by atoms with Gasteiger partial charge in [-0.2, -0.15) is 0 Å². The number of esters is 1. The zero-order valence-corrected chi connectivity index (χ0v) is 13.7. The van der Waals surface area contributed by atoms with Crippen molar-refractivity contribution >= 4 is 5.97 Å². The topological polar surface area (TPSA) is 111 Å². The number of carbonyl (C=O) groups is 1. The summed E-state index contributed by atoms with van der Waals surface area (Å²) in [5.74, 6) is 4.52. The van der Waals surface area contributed by atoms with E-state index in [2.05, 4.69) is 16.8 Å². The molecular formula is C16H20N2O6. The predicted octanol–water partition coefficient (Wildman–Crippen LogP) is -0.244. The van der Waals surface area contributed by atoms with Crippen molar-refractivity contribution in [2.75, 3.05) is 6.61 Å². The molecule has 2 heterocycles. The van der Waals surface area contributed by atoms with E-state index >= 15 is 0 Å². The first-order valence-electron chi connectivity index (χ1n) is 7.61. The van der Waals surface area contributed by atoms with E-state index in [1.807, 2.05) is 0 Å². The normalized spacial score (nSPS) is 23.0. The van der Waals surface area contributed by atoms with E-state index in [4.69, 9.17) is 9.47 Å². The van der Waals surface area contributed by atoms with E-state index in [1.54, 1.807) is 20.8 Å². The van der Waals surface area contributed by atoms with Crippen molar-refractivity contribution in [1.82, 2.24) is 9.55 Å². The highest BCUT2D eigenvalue weighted by Gasteiger charge is 2.36.